The lowest BCUT2D eigenvalue weighted by Crippen LogP contribution is -2.21. The Labute approximate surface area is 152 Å². The highest BCUT2D eigenvalue weighted by Gasteiger charge is 2.09. The van der Waals surface area contributed by atoms with Crippen LogP contribution in [0.4, 0.5) is 5.82 Å². The fourth-order valence-corrected chi connectivity index (χ4v) is 3.01. The van der Waals surface area contributed by atoms with Crippen molar-refractivity contribution in [2.24, 2.45) is 7.05 Å². The predicted octanol–water partition coefficient (Wildman–Crippen LogP) is 3.58. The summed E-state index contributed by atoms with van der Waals surface area (Å²) in [4.78, 5) is 17.7. The first-order chi connectivity index (χ1) is 12.0. The molecule has 6 heteroatoms. The van der Waals surface area contributed by atoms with E-state index in [0.29, 0.717) is 5.56 Å². The highest BCUT2D eigenvalue weighted by molar-refractivity contribution is 6.31. The molecule has 0 aliphatic rings. The number of nitrogens with zero attached hydrogens (tertiary/aromatic N) is 3. The molecule has 0 aliphatic heterocycles. The van der Waals surface area contributed by atoms with Crippen molar-refractivity contribution in [1.29, 1.82) is 0 Å². The minimum absolute atomic E-state index is 0.0477. The number of rotatable bonds is 5. The third kappa shape index (κ3) is 3.77. The number of pyridine rings is 1. The molecule has 0 aliphatic carbocycles. The van der Waals surface area contributed by atoms with E-state index in [1.165, 1.54) is 15.8 Å². The summed E-state index contributed by atoms with van der Waals surface area (Å²) in [6.07, 6.45) is 4.61. The Morgan fingerprint density at radius 2 is 2.08 bits per heavy atom. The molecule has 1 amide bonds. The van der Waals surface area contributed by atoms with Gasteiger partial charge in [0.2, 0.25) is 0 Å². The fraction of sp³-hybridized carbons (Fsp3) is 0.263. The number of carbonyl (C=O) groups is 1. The number of nitrogens with one attached hydrogen (secondary N) is 1. The van der Waals surface area contributed by atoms with Crippen LogP contribution in [0.25, 0.3) is 10.9 Å². The van der Waals surface area contributed by atoms with Crippen LogP contribution in [0.2, 0.25) is 5.02 Å². The van der Waals surface area contributed by atoms with Gasteiger partial charge in [-0.25, -0.2) is 4.98 Å². The van der Waals surface area contributed by atoms with Gasteiger partial charge in [-0.1, -0.05) is 17.7 Å². The molecule has 0 saturated heterocycles. The monoisotopic (exact) mass is 356 g/mol. The van der Waals surface area contributed by atoms with Crippen molar-refractivity contribution in [3.05, 3.63) is 58.9 Å². The summed E-state index contributed by atoms with van der Waals surface area (Å²) >= 11 is 6.08. The molecule has 0 fully saturated rings. The molecule has 3 aromatic rings. The number of anilines is 1. The van der Waals surface area contributed by atoms with Crippen LogP contribution in [0.15, 0.2) is 42.7 Å². The zero-order valence-electron chi connectivity index (χ0n) is 14.6. The molecule has 0 spiro atoms. The minimum atomic E-state index is -0.0477. The molecular weight excluding hydrogens is 336 g/mol. The molecule has 130 valence electrons. The van der Waals surface area contributed by atoms with Gasteiger partial charge < -0.3 is 14.8 Å². The van der Waals surface area contributed by atoms with Crippen molar-refractivity contribution >= 4 is 34.2 Å². The summed E-state index contributed by atoms with van der Waals surface area (Å²) in [7, 11) is 5.48. The zero-order chi connectivity index (χ0) is 18.0. The lowest BCUT2D eigenvalue weighted by molar-refractivity contribution is 0.0827. The van der Waals surface area contributed by atoms with Crippen LogP contribution in [0.3, 0.4) is 0 Å². The van der Waals surface area contributed by atoms with Crippen molar-refractivity contribution in [2.75, 3.05) is 26.0 Å². The molecule has 3 rings (SSSR count). The average molecular weight is 357 g/mol. The Balaban J connectivity index is 1.64. The number of benzene rings is 1. The normalized spacial score (nSPS) is 10.9. The number of fused-ring (bicyclic) bond motifs is 1. The van der Waals surface area contributed by atoms with E-state index in [0.717, 1.165) is 29.3 Å². The van der Waals surface area contributed by atoms with Crippen molar-refractivity contribution in [3.63, 3.8) is 0 Å². The second-order valence-electron chi connectivity index (χ2n) is 6.24. The van der Waals surface area contributed by atoms with Crippen LogP contribution in [-0.2, 0) is 13.5 Å². The summed E-state index contributed by atoms with van der Waals surface area (Å²) in [5, 5.41) is 5.26. The standard InChI is InChI=1S/C19H21ClN4O/c1-23(2)19(25)13-4-7-18(22-11-13)21-9-8-14-12-24(3)17-10-15(20)5-6-16(14)17/h4-7,10-12H,8-9H2,1-3H3,(H,21,22). The Hall–Kier alpha value is -2.53. The van der Waals surface area contributed by atoms with E-state index in [1.807, 2.05) is 25.2 Å². The Bertz CT molecular complexity index is 900. The van der Waals surface area contributed by atoms with Gasteiger partial charge in [-0.3, -0.25) is 4.79 Å². The lowest BCUT2D eigenvalue weighted by Gasteiger charge is -2.10. The van der Waals surface area contributed by atoms with E-state index in [9.17, 15) is 4.79 Å². The van der Waals surface area contributed by atoms with Crippen LogP contribution in [0.1, 0.15) is 15.9 Å². The molecule has 2 aromatic heterocycles. The second-order valence-corrected chi connectivity index (χ2v) is 6.67. The number of hydrogen-bond acceptors (Lipinski definition) is 3. The third-order valence-corrected chi connectivity index (χ3v) is 4.39. The van der Waals surface area contributed by atoms with E-state index < -0.39 is 0 Å². The second kappa shape index (κ2) is 7.15. The van der Waals surface area contributed by atoms with Gasteiger partial charge in [-0.05, 0) is 36.2 Å². The number of carbonyl (C=O) groups excluding carboxylic acids is 1. The lowest BCUT2D eigenvalue weighted by atomic mass is 10.1. The Morgan fingerprint density at radius 1 is 1.28 bits per heavy atom. The topological polar surface area (TPSA) is 50.2 Å². The highest BCUT2D eigenvalue weighted by Crippen LogP contribution is 2.24. The van der Waals surface area contributed by atoms with Gasteiger partial charge in [0.1, 0.15) is 5.82 Å². The molecule has 25 heavy (non-hydrogen) atoms. The highest BCUT2D eigenvalue weighted by atomic mass is 35.5. The van der Waals surface area contributed by atoms with E-state index in [1.54, 1.807) is 26.4 Å². The molecule has 0 bridgehead atoms. The minimum Gasteiger partial charge on any atom is -0.370 e. The van der Waals surface area contributed by atoms with Gasteiger partial charge in [-0.15, -0.1) is 0 Å². The van der Waals surface area contributed by atoms with Crippen LogP contribution in [0, 0.1) is 0 Å². The van der Waals surface area contributed by atoms with E-state index >= 15 is 0 Å². The number of halogens is 1. The summed E-state index contributed by atoms with van der Waals surface area (Å²) < 4.78 is 2.09. The van der Waals surface area contributed by atoms with Crippen molar-refractivity contribution in [2.45, 2.75) is 6.42 Å². The van der Waals surface area contributed by atoms with Gasteiger partial charge in [0.05, 0.1) is 5.56 Å². The molecule has 0 radical (unpaired) electrons. The maximum Gasteiger partial charge on any atom is 0.254 e. The first-order valence-corrected chi connectivity index (χ1v) is 8.48. The van der Waals surface area contributed by atoms with Gasteiger partial charge in [0.25, 0.3) is 5.91 Å². The molecule has 0 saturated carbocycles. The Morgan fingerprint density at radius 3 is 2.76 bits per heavy atom. The molecule has 0 atom stereocenters. The first-order valence-electron chi connectivity index (χ1n) is 8.11. The average Bonchev–Trinajstić information content (AvgIpc) is 2.90. The molecule has 1 N–H and O–H groups in total. The smallest absolute Gasteiger partial charge is 0.254 e. The van der Waals surface area contributed by atoms with Crippen LogP contribution < -0.4 is 5.32 Å². The molecule has 0 unspecified atom stereocenters. The number of amides is 1. The number of aromatic nitrogens is 2. The Kier molecular flexibility index (Phi) is 4.95. The van der Waals surface area contributed by atoms with Crippen molar-refractivity contribution in [1.82, 2.24) is 14.5 Å². The molecule has 1 aromatic carbocycles. The van der Waals surface area contributed by atoms with Crippen molar-refractivity contribution < 1.29 is 4.79 Å². The largest absolute Gasteiger partial charge is 0.370 e. The number of hydrogen-bond donors (Lipinski definition) is 1. The third-order valence-electron chi connectivity index (χ3n) is 4.15. The maximum atomic E-state index is 11.9. The maximum absolute atomic E-state index is 11.9. The molecular formula is C19H21ClN4O. The van der Waals surface area contributed by atoms with Crippen molar-refractivity contribution in [3.8, 4) is 0 Å². The van der Waals surface area contributed by atoms with Crippen LogP contribution >= 0.6 is 11.6 Å². The van der Waals surface area contributed by atoms with Gasteiger partial charge >= 0.3 is 0 Å². The molecule has 2 heterocycles. The first kappa shape index (κ1) is 17.3. The predicted molar refractivity (Wildman–Crippen MR) is 102 cm³/mol. The summed E-state index contributed by atoms with van der Waals surface area (Å²) in [5.74, 6) is 0.715. The van der Waals surface area contributed by atoms with Gasteiger partial charge in [0, 0.05) is 56.0 Å². The van der Waals surface area contributed by atoms with Gasteiger partial charge in [-0.2, -0.15) is 0 Å². The zero-order valence-corrected chi connectivity index (χ0v) is 15.3. The molecule has 5 nitrogen and oxygen atoms in total. The van der Waals surface area contributed by atoms with E-state index in [-0.39, 0.29) is 5.91 Å². The fourth-order valence-electron chi connectivity index (χ4n) is 2.85. The quantitative estimate of drug-likeness (QED) is 0.760. The summed E-state index contributed by atoms with van der Waals surface area (Å²) in [6.45, 7) is 0.760. The van der Waals surface area contributed by atoms with E-state index in [4.69, 9.17) is 11.6 Å². The van der Waals surface area contributed by atoms with E-state index in [2.05, 4.69) is 27.1 Å². The number of aryl methyl sites for hydroxylation is 1. The van der Waals surface area contributed by atoms with Gasteiger partial charge in [0.15, 0.2) is 0 Å². The SMILES string of the molecule is CN(C)C(=O)c1ccc(NCCc2cn(C)c3cc(Cl)ccc23)nc1. The van der Waals surface area contributed by atoms with Crippen LogP contribution in [0.5, 0.6) is 0 Å². The summed E-state index contributed by atoms with van der Waals surface area (Å²) in [5.41, 5.74) is 2.98. The van der Waals surface area contributed by atoms with Crippen LogP contribution in [-0.4, -0.2) is 41.0 Å². The summed E-state index contributed by atoms with van der Waals surface area (Å²) in [6, 6.07) is 9.59.